The smallest absolute Gasteiger partial charge is 0.335 e. The zero-order chi connectivity index (χ0) is 23.9. The van der Waals surface area contributed by atoms with Crippen molar-refractivity contribution < 1.29 is 29.7 Å². The van der Waals surface area contributed by atoms with Gasteiger partial charge >= 0.3 is 11.9 Å². The minimum Gasteiger partial charge on any atom is -0.493 e. The number of carboxylic acid groups (broad SMARTS) is 2. The van der Waals surface area contributed by atoms with E-state index in [0.29, 0.717) is 28.3 Å². The van der Waals surface area contributed by atoms with Crippen molar-refractivity contribution in [3.8, 4) is 11.6 Å². The van der Waals surface area contributed by atoms with Gasteiger partial charge in [0.1, 0.15) is 0 Å². The summed E-state index contributed by atoms with van der Waals surface area (Å²) in [7, 11) is 0. The highest BCUT2D eigenvalue weighted by Crippen LogP contribution is 2.31. The summed E-state index contributed by atoms with van der Waals surface area (Å²) in [6, 6.07) is 11.7. The average Bonchev–Trinajstić information content (AvgIpc) is 3.24. The molecule has 2 aromatic carbocycles. The van der Waals surface area contributed by atoms with E-state index < -0.39 is 17.9 Å². The number of anilines is 1. The lowest BCUT2D eigenvalue weighted by Gasteiger charge is -2.14. The van der Waals surface area contributed by atoms with Gasteiger partial charge in [-0.2, -0.15) is 10.2 Å². The van der Waals surface area contributed by atoms with Crippen molar-refractivity contribution in [2.45, 2.75) is 20.3 Å². The van der Waals surface area contributed by atoms with Crippen LogP contribution in [0.4, 0.5) is 5.69 Å². The van der Waals surface area contributed by atoms with Crippen molar-refractivity contribution in [2.75, 3.05) is 5.01 Å². The van der Waals surface area contributed by atoms with Crippen LogP contribution < -0.4 is 5.01 Å². The minimum absolute atomic E-state index is 0.104. The van der Waals surface area contributed by atoms with E-state index in [1.807, 2.05) is 0 Å². The second kappa shape index (κ2) is 8.23. The lowest BCUT2D eigenvalue weighted by Crippen LogP contribution is -2.28. The average molecular weight is 448 g/mol. The number of aryl methyl sites for hydroxylation is 1. The maximum Gasteiger partial charge on any atom is 0.335 e. The van der Waals surface area contributed by atoms with Crippen molar-refractivity contribution >= 4 is 29.2 Å². The third kappa shape index (κ3) is 3.93. The summed E-state index contributed by atoms with van der Waals surface area (Å²) >= 11 is 0. The van der Waals surface area contributed by atoms with Gasteiger partial charge in [-0.05, 0) is 68.8 Å². The van der Waals surface area contributed by atoms with E-state index in [-0.39, 0.29) is 29.3 Å². The standard InChI is InChI=1S/C23H20N4O6/c1-12-18(20(28)26(24-12)16-7-3-14(4-8-16)22(30)31)11-19-13(2)25-27(21(19)29)17-9-5-15(6-10-17)23(32)33/h3-10,18,29H,11H2,1-2H3,(H,30,31)(H,32,33). The van der Waals surface area contributed by atoms with Gasteiger partial charge in [-0.3, -0.25) is 4.79 Å². The number of aromatic hydroxyl groups is 1. The van der Waals surface area contributed by atoms with E-state index in [4.69, 9.17) is 10.2 Å². The molecule has 0 spiro atoms. The molecule has 3 N–H and O–H groups in total. The number of hydrogen-bond acceptors (Lipinski definition) is 6. The Morgan fingerprint density at radius 3 is 1.94 bits per heavy atom. The van der Waals surface area contributed by atoms with Gasteiger partial charge in [0.2, 0.25) is 5.88 Å². The van der Waals surface area contributed by atoms with Crippen LogP contribution in [0.2, 0.25) is 0 Å². The molecular weight excluding hydrogens is 428 g/mol. The minimum atomic E-state index is -1.06. The molecule has 0 saturated heterocycles. The van der Waals surface area contributed by atoms with Crippen molar-refractivity contribution in [3.05, 3.63) is 70.9 Å². The maximum atomic E-state index is 13.1. The number of rotatable bonds is 6. The molecule has 0 bridgehead atoms. The summed E-state index contributed by atoms with van der Waals surface area (Å²) < 4.78 is 1.30. The van der Waals surface area contributed by atoms with Crippen LogP contribution in [0.1, 0.15) is 38.9 Å². The van der Waals surface area contributed by atoms with E-state index in [1.54, 1.807) is 13.8 Å². The van der Waals surface area contributed by atoms with Gasteiger partial charge in [0.15, 0.2) is 0 Å². The second-order valence-electron chi connectivity index (χ2n) is 7.65. The van der Waals surface area contributed by atoms with Gasteiger partial charge < -0.3 is 15.3 Å². The number of carboxylic acids is 2. The van der Waals surface area contributed by atoms with Crippen LogP contribution in [0.3, 0.4) is 0 Å². The molecule has 33 heavy (non-hydrogen) atoms. The fourth-order valence-corrected chi connectivity index (χ4v) is 3.68. The highest BCUT2D eigenvalue weighted by Gasteiger charge is 2.36. The molecule has 10 nitrogen and oxygen atoms in total. The number of carbonyl (C=O) groups is 3. The summed E-state index contributed by atoms with van der Waals surface area (Å²) in [4.78, 5) is 35.2. The Labute approximate surface area is 188 Å². The Morgan fingerprint density at radius 2 is 1.42 bits per heavy atom. The predicted molar refractivity (Wildman–Crippen MR) is 118 cm³/mol. The monoisotopic (exact) mass is 448 g/mol. The van der Waals surface area contributed by atoms with Crippen LogP contribution in [0.5, 0.6) is 5.88 Å². The maximum absolute atomic E-state index is 13.1. The molecule has 0 saturated carbocycles. The first kappa shape index (κ1) is 21.8. The molecule has 10 heteroatoms. The van der Waals surface area contributed by atoms with Crippen molar-refractivity contribution in [1.29, 1.82) is 0 Å². The first-order chi connectivity index (χ1) is 15.7. The number of aromatic nitrogens is 2. The van der Waals surface area contributed by atoms with Gasteiger partial charge in [-0.15, -0.1) is 0 Å². The van der Waals surface area contributed by atoms with Crippen LogP contribution in [-0.4, -0.2) is 48.7 Å². The predicted octanol–water partition coefficient (Wildman–Crippen LogP) is 2.86. The lowest BCUT2D eigenvalue weighted by molar-refractivity contribution is -0.119. The van der Waals surface area contributed by atoms with E-state index in [9.17, 15) is 19.5 Å². The van der Waals surface area contributed by atoms with Crippen LogP contribution in [-0.2, 0) is 11.2 Å². The summed E-state index contributed by atoms with van der Waals surface area (Å²) in [5.74, 6) is -3.18. The van der Waals surface area contributed by atoms with Crippen molar-refractivity contribution in [3.63, 3.8) is 0 Å². The Kier molecular flexibility index (Phi) is 5.42. The SMILES string of the molecule is CC1=NN(c2ccc(C(=O)O)cc2)C(=O)C1Cc1c(C)nn(-c2ccc(C(=O)O)cc2)c1O. The van der Waals surface area contributed by atoms with Crippen molar-refractivity contribution in [1.82, 2.24) is 9.78 Å². The zero-order valence-electron chi connectivity index (χ0n) is 17.8. The van der Waals surface area contributed by atoms with Crippen molar-refractivity contribution in [2.24, 2.45) is 11.0 Å². The highest BCUT2D eigenvalue weighted by molar-refractivity contribution is 6.15. The Bertz CT molecular complexity index is 1290. The molecule has 1 aliphatic heterocycles. The lowest BCUT2D eigenvalue weighted by atomic mass is 9.95. The molecule has 4 rings (SSSR count). The second-order valence-corrected chi connectivity index (χ2v) is 7.65. The first-order valence-corrected chi connectivity index (χ1v) is 10.0. The first-order valence-electron chi connectivity index (χ1n) is 10.0. The number of amides is 1. The highest BCUT2D eigenvalue weighted by atomic mass is 16.4. The zero-order valence-corrected chi connectivity index (χ0v) is 17.8. The fourth-order valence-electron chi connectivity index (χ4n) is 3.68. The molecule has 0 aliphatic carbocycles. The molecule has 1 amide bonds. The number of carbonyl (C=O) groups excluding carboxylic acids is 1. The van der Waals surface area contributed by atoms with E-state index in [2.05, 4.69) is 10.2 Å². The van der Waals surface area contributed by atoms with E-state index >= 15 is 0 Å². The topological polar surface area (TPSA) is 145 Å². The summed E-state index contributed by atoms with van der Waals surface area (Å²) in [5.41, 5.74) is 2.71. The molecule has 2 heterocycles. The van der Waals surface area contributed by atoms with Gasteiger partial charge in [0, 0.05) is 11.3 Å². The summed E-state index contributed by atoms with van der Waals surface area (Å²) in [5, 5.41) is 38.8. The van der Waals surface area contributed by atoms with Gasteiger partial charge in [0.05, 0.1) is 34.1 Å². The van der Waals surface area contributed by atoms with Crippen LogP contribution in [0.15, 0.2) is 53.6 Å². The number of aromatic carboxylic acids is 2. The number of hydrogen-bond donors (Lipinski definition) is 3. The number of benzene rings is 2. The van der Waals surface area contributed by atoms with Crippen LogP contribution >= 0.6 is 0 Å². The van der Waals surface area contributed by atoms with Crippen LogP contribution in [0, 0.1) is 12.8 Å². The third-order valence-corrected chi connectivity index (χ3v) is 5.55. The summed E-state index contributed by atoms with van der Waals surface area (Å²) in [6.07, 6.45) is 0.169. The van der Waals surface area contributed by atoms with Crippen LogP contribution in [0.25, 0.3) is 5.69 Å². The Morgan fingerprint density at radius 1 is 0.909 bits per heavy atom. The normalized spacial score (nSPS) is 15.6. The molecule has 1 unspecified atom stereocenters. The molecule has 168 valence electrons. The van der Waals surface area contributed by atoms with Gasteiger partial charge in [-0.1, -0.05) is 0 Å². The molecule has 1 atom stereocenters. The van der Waals surface area contributed by atoms with E-state index in [0.717, 1.165) is 0 Å². The Balaban J connectivity index is 1.58. The van der Waals surface area contributed by atoms with E-state index in [1.165, 1.54) is 58.2 Å². The third-order valence-electron chi connectivity index (χ3n) is 5.55. The molecule has 1 aromatic heterocycles. The Hall–Kier alpha value is -4.47. The number of nitrogens with zero attached hydrogens (tertiary/aromatic N) is 4. The number of hydrazone groups is 1. The van der Waals surface area contributed by atoms with Gasteiger partial charge in [0.25, 0.3) is 5.91 Å². The molecular formula is C23H20N4O6. The molecule has 0 radical (unpaired) electrons. The molecule has 0 fully saturated rings. The quantitative estimate of drug-likeness (QED) is 0.526. The molecule has 3 aromatic rings. The summed E-state index contributed by atoms with van der Waals surface area (Å²) in [6.45, 7) is 3.43. The van der Waals surface area contributed by atoms with Gasteiger partial charge in [-0.25, -0.2) is 19.3 Å². The fraction of sp³-hybridized carbons (Fsp3) is 0.174. The molecule has 1 aliphatic rings. The largest absolute Gasteiger partial charge is 0.493 e.